The van der Waals surface area contributed by atoms with Gasteiger partial charge in [-0.25, -0.2) is 4.98 Å². The SMILES string of the molecule is O=C(CCc1ccccc1Cl)Cn1ccnc1. The summed E-state index contributed by atoms with van der Waals surface area (Å²) in [7, 11) is 0. The van der Waals surface area contributed by atoms with Gasteiger partial charge in [0.05, 0.1) is 12.9 Å². The summed E-state index contributed by atoms with van der Waals surface area (Å²) in [5, 5.41) is 0.725. The van der Waals surface area contributed by atoms with Crippen molar-refractivity contribution in [3.8, 4) is 0 Å². The third kappa shape index (κ3) is 3.43. The Hall–Kier alpha value is -1.61. The Kier molecular flexibility index (Phi) is 3.94. The van der Waals surface area contributed by atoms with Crippen LogP contribution < -0.4 is 0 Å². The topological polar surface area (TPSA) is 34.9 Å². The van der Waals surface area contributed by atoms with Gasteiger partial charge < -0.3 is 4.57 Å². The summed E-state index contributed by atoms with van der Waals surface area (Å²) in [5.74, 6) is 0.183. The number of ketones is 1. The maximum Gasteiger partial charge on any atom is 0.152 e. The summed E-state index contributed by atoms with van der Waals surface area (Å²) < 4.78 is 1.77. The van der Waals surface area contributed by atoms with E-state index in [0.717, 1.165) is 10.6 Å². The molecule has 88 valence electrons. The number of halogens is 1. The minimum Gasteiger partial charge on any atom is -0.330 e. The molecule has 2 rings (SSSR count). The molecule has 2 aromatic rings. The van der Waals surface area contributed by atoms with Crippen LogP contribution >= 0.6 is 11.6 Å². The number of hydrogen-bond acceptors (Lipinski definition) is 2. The van der Waals surface area contributed by atoms with Crippen LogP contribution in [0.2, 0.25) is 5.02 Å². The molecule has 0 aliphatic heterocycles. The average molecular weight is 249 g/mol. The van der Waals surface area contributed by atoms with Gasteiger partial charge in [0.25, 0.3) is 0 Å². The third-order valence-electron chi connectivity index (χ3n) is 2.55. The van der Waals surface area contributed by atoms with Crippen molar-refractivity contribution in [3.63, 3.8) is 0 Å². The maximum absolute atomic E-state index is 11.7. The Balaban J connectivity index is 1.86. The highest BCUT2D eigenvalue weighted by Gasteiger charge is 2.05. The maximum atomic E-state index is 11.7. The van der Waals surface area contributed by atoms with Crippen LogP contribution in [0.15, 0.2) is 43.0 Å². The predicted molar refractivity (Wildman–Crippen MR) is 67.0 cm³/mol. The van der Waals surface area contributed by atoms with Gasteiger partial charge in [0, 0.05) is 23.8 Å². The van der Waals surface area contributed by atoms with Gasteiger partial charge in [-0.05, 0) is 18.1 Å². The number of aryl methyl sites for hydroxylation is 1. The summed E-state index contributed by atoms with van der Waals surface area (Å²) in [4.78, 5) is 15.6. The van der Waals surface area contributed by atoms with Crippen LogP contribution in [-0.2, 0) is 17.8 Å². The van der Waals surface area contributed by atoms with Gasteiger partial charge in [-0.1, -0.05) is 29.8 Å². The van der Waals surface area contributed by atoms with Crippen molar-refractivity contribution in [1.29, 1.82) is 0 Å². The molecule has 1 aromatic carbocycles. The number of aromatic nitrogens is 2. The van der Waals surface area contributed by atoms with Crippen LogP contribution in [0.3, 0.4) is 0 Å². The van der Waals surface area contributed by atoms with E-state index in [2.05, 4.69) is 4.98 Å². The van der Waals surface area contributed by atoms with E-state index in [9.17, 15) is 4.79 Å². The monoisotopic (exact) mass is 248 g/mol. The molecule has 1 aromatic heterocycles. The Morgan fingerprint density at radius 3 is 2.88 bits per heavy atom. The molecule has 3 nitrogen and oxygen atoms in total. The van der Waals surface area contributed by atoms with E-state index in [1.54, 1.807) is 23.3 Å². The standard InChI is InChI=1S/C13H13ClN2O/c14-13-4-2-1-3-11(13)5-6-12(17)9-16-8-7-15-10-16/h1-4,7-8,10H,5-6,9H2. The van der Waals surface area contributed by atoms with Crippen molar-refractivity contribution in [2.45, 2.75) is 19.4 Å². The smallest absolute Gasteiger partial charge is 0.152 e. The fraction of sp³-hybridized carbons (Fsp3) is 0.231. The number of rotatable bonds is 5. The van der Waals surface area contributed by atoms with E-state index >= 15 is 0 Å². The predicted octanol–water partition coefficient (Wildman–Crippen LogP) is 2.74. The average Bonchev–Trinajstić information content (AvgIpc) is 2.81. The quantitative estimate of drug-likeness (QED) is 0.816. The normalized spacial score (nSPS) is 10.4. The van der Waals surface area contributed by atoms with Gasteiger partial charge in [0.1, 0.15) is 0 Å². The summed E-state index contributed by atoms with van der Waals surface area (Å²) >= 11 is 6.02. The molecular weight excluding hydrogens is 236 g/mol. The highest BCUT2D eigenvalue weighted by Crippen LogP contribution is 2.16. The number of carbonyl (C=O) groups is 1. The van der Waals surface area contributed by atoms with Crippen molar-refractivity contribution in [1.82, 2.24) is 9.55 Å². The molecule has 4 heteroatoms. The van der Waals surface area contributed by atoms with Crippen LogP contribution in [0.25, 0.3) is 0 Å². The van der Waals surface area contributed by atoms with Crippen LogP contribution in [0.1, 0.15) is 12.0 Å². The lowest BCUT2D eigenvalue weighted by Crippen LogP contribution is -2.09. The van der Waals surface area contributed by atoms with Crippen LogP contribution in [0.4, 0.5) is 0 Å². The van der Waals surface area contributed by atoms with Gasteiger partial charge in [-0.2, -0.15) is 0 Å². The van der Waals surface area contributed by atoms with Crippen LogP contribution in [0.5, 0.6) is 0 Å². The van der Waals surface area contributed by atoms with E-state index in [1.807, 2.05) is 24.3 Å². The minimum absolute atomic E-state index is 0.183. The molecule has 0 fully saturated rings. The molecule has 0 unspecified atom stereocenters. The lowest BCUT2D eigenvalue weighted by atomic mass is 10.1. The number of nitrogens with zero attached hydrogens (tertiary/aromatic N) is 2. The fourth-order valence-corrected chi connectivity index (χ4v) is 1.87. The van der Waals surface area contributed by atoms with Crippen molar-refractivity contribution < 1.29 is 4.79 Å². The molecule has 0 saturated carbocycles. The summed E-state index contributed by atoms with van der Waals surface area (Å²) in [6, 6.07) is 7.62. The minimum atomic E-state index is 0.183. The Morgan fingerprint density at radius 1 is 1.35 bits per heavy atom. The Labute approximate surface area is 105 Å². The summed E-state index contributed by atoms with van der Waals surface area (Å²) in [5.41, 5.74) is 1.02. The second-order valence-electron chi connectivity index (χ2n) is 3.87. The number of imidazole rings is 1. The van der Waals surface area contributed by atoms with Crippen molar-refractivity contribution in [3.05, 3.63) is 53.6 Å². The Bertz CT molecular complexity index is 494. The molecule has 0 spiro atoms. The molecule has 0 N–H and O–H groups in total. The zero-order chi connectivity index (χ0) is 12.1. The zero-order valence-corrected chi connectivity index (χ0v) is 10.1. The van der Waals surface area contributed by atoms with E-state index in [-0.39, 0.29) is 5.78 Å². The summed E-state index contributed by atoms with van der Waals surface area (Å²) in [6.45, 7) is 0.379. The van der Waals surface area contributed by atoms with Crippen molar-refractivity contribution in [2.75, 3.05) is 0 Å². The van der Waals surface area contributed by atoms with Gasteiger partial charge in [-0.3, -0.25) is 4.79 Å². The first-order chi connectivity index (χ1) is 8.25. The molecule has 0 amide bonds. The molecule has 0 saturated heterocycles. The molecule has 0 atom stereocenters. The lowest BCUT2D eigenvalue weighted by molar-refractivity contribution is -0.119. The fourth-order valence-electron chi connectivity index (χ4n) is 1.64. The van der Waals surface area contributed by atoms with Gasteiger partial charge in [-0.15, -0.1) is 0 Å². The van der Waals surface area contributed by atoms with Crippen molar-refractivity contribution >= 4 is 17.4 Å². The highest BCUT2D eigenvalue weighted by molar-refractivity contribution is 6.31. The first kappa shape index (κ1) is 11.9. The van der Waals surface area contributed by atoms with E-state index in [1.165, 1.54) is 0 Å². The zero-order valence-electron chi connectivity index (χ0n) is 9.34. The van der Waals surface area contributed by atoms with E-state index in [4.69, 9.17) is 11.6 Å². The van der Waals surface area contributed by atoms with E-state index in [0.29, 0.717) is 19.4 Å². The highest BCUT2D eigenvalue weighted by atomic mass is 35.5. The molecule has 0 bridgehead atoms. The number of benzene rings is 1. The number of hydrogen-bond donors (Lipinski definition) is 0. The summed E-state index contributed by atoms with van der Waals surface area (Å²) in [6.07, 6.45) is 6.29. The number of Topliss-reactive ketones (excluding diaryl/α,β-unsaturated/α-hetero) is 1. The van der Waals surface area contributed by atoms with Gasteiger partial charge in [0.2, 0.25) is 0 Å². The number of carbonyl (C=O) groups excluding carboxylic acids is 1. The first-order valence-corrected chi connectivity index (χ1v) is 5.84. The second-order valence-corrected chi connectivity index (χ2v) is 4.27. The van der Waals surface area contributed by atoms with Crippen molar-refractivity contribution in [2.24, 2.45) is 0 Å². The molecule has 1 heterocycles. The van der Waals surface area contributed by atoms with Gasteiger partial charge >= 0.3 is 0 Å². The molecule has 0 radical (unpaired) electrons. The largest absolute Gasteiger partial charge is 0.330 e. The van der Waals surface area contributed by atoms with Crippen LogP contribution in [-0.4, -0.2) is 15.3 Å². The third-order valence-corrected chi connectivity index (χ3v) is 2.92. The second kappa shape index (κ2) is 5.64. The van der Waals surface area contributed by atoms with Gasteiger partial charge in [0.15, 0.2) is 5.78 Å². The molecule has 17 heavy (non-hydrogen) atoms. The molecule has 0 aliphatic carbocycles. The lowest BCUT2D eigenvalue weighted by Gasteiger charge is -2.04. The molecule has 0 aliphatic rings. The first-order valence-electron chi connectivity index (χ1n) is 5.46. The van der Waals surface area contributed by atoms with Crippen LogP contribution in [0, 0.1) is 0 Å². The Morgan fingerprint density at radius 2 is 2.18 bits per heavy atom. The van der Waals surface area contributed by atoms with E-state index < -0.39 is 0 Å². The molecular formula is C13H13ClN2O.